The van der Waals surface area contributed by atoms with Gasteiger partial charge in [-0.15, -0.1) is 0 Å². The molecule has 1 aliphatic carbocycles. The molecule has 0 aromatic heterocycles. The van der Waals surface area contributed by atoms with Gasteiger partial charge in [0.2, 0.25) is 0 Å². The van der Waals surface area contributed by atoms with Gasteiger partial charge in [0.1, 0.15) is 12.4 Å². The Morgan fingerprint density at radius 3 is 2.53 bits per heavy atom. The van der Waals surface area contributed by atoms with Crippen LogP contribution in [0.25, 0.3) is 0 Å². The Labute approximate surface area is 178 Å². The zero-order chi connectivity index (χ0) is 21.3. The SMILES string of the molecule is COCCOc1ccccc1C(=O)NC(C)c1ccc(OC2CCCC2)c(OC)c1. The van der Waals surface area contributed by atoms with E-state index in [2.05, 4.69) is 5.32 Å². The third kappa shape index (κ3) is 5.66. The van der Waals surface area contributed by atoms with Crippen molar-refractivity contribution in [3.05, 3.63) is 53.6 Å². The minimum Gasteiger partial charge on any atom is -0.493 e. The molecule has 1 saturated carbocycles. The molecule has 1 fully saturated rings. The number of hydrogen-bond acceptors (Lipinski definition) is 5. The van der Waals surface area contributed by atoms with Gasteiger partial charge in [0, 0.05) is 7.11 Å². The smallest absolute Gasteiger partial charge is 0.255 e. The Morgan fingerprint density at radius 1 is 1.03 bits per heavy atom. The van der Waals surface area contributed by atoms with Crippen LogP contribution in [0.5, 0.6) is 17.2 Å². The summed E-state index contributed by atoms with van der Waals surface area (Å²) in [5.74, 6) is 1.78. The molecule has 0 spiro atoms. The third-order valence-electron chi connectivity index (χ3n) is 5.31. The van der Waals surface area contributed by atoms with Crippen molar-refractivity contribution in [2.45, 2.75) is 44.8 Å². The fourth-order valence-corrected chi connectivity index (χ4v) is 3.61. The van der Waals surface area contributed by atoms with E-state index in [4.69, 9.17) is 18.9 Å². The van der Waals surface area contributed by atoms with Gasteiger partial charge in [0.25, 0.3) is 5.91 Å². The molecule has 1 atom stereocenters. The molecule has 3 rings (SSSR count). The molecule has 2 aromatic rings. The van der Waals surface area contributed by atoms with Crippen LogP contribution < -0.4 is 19.5 Å². The predicted octanol–water partition coefficient (Wildman–Crippen LogP) is 4.53. The highest BCUT2D eigenvalue weighted by atomic mass is 16.5. The van der Waals surface area contributed by atoms with Gasteiger partial charge in [-0.1, -0.05) is 18.2 Å². The minimum atomic E-state index is -0.209. The van der Waals surface area contributed by atoms with Gasteiger partial charge in [-0.25, -0.2) is 0 Å². The number of amides is 1. The number of methoxy groups -OCH3 is 2. The van der Waals surface area contributed by atoms with E-state index in [1.165, 1.54) is 12.8 Å². The zero-order valence-corrected chi connectivity index (χ0v) is 18.0. The summed E-state index contributed by atoms with van der Waals surface area (Å²) in [5.41, 5.74) is 1.44. The molecule has 1 N–H and O–H groups in total. The molecule has 1 unspecified atom stereocenters. The lowest BCUT2D eigenvalue weighted by atomic mass is 10.1. The second kappa shape index (κ2) is 10.9. The Morgan fingerprint density at radius 2 is 1.80 bits per heavy atom. The molecule has 0 aliphatic heterocycles. The first-order valence-electron chi connectivity index (χ1n) is 10.5. The molecule has 0 saturated heterocycles. The fraction of sp³-hybridized carbons (Fsp3) is 0.458. The fourth-order valence-electron chi connectivity index (χ4n) is 3.61. The summed E-state index contributed by atoms with van der Waals surface area (Å²) in [4.78, 5) is 12.9. The van der Waals surface area contributed by atoms with E-state index < -0.39 is 0 Å². The number of para-hydroxylation sites is 1. The molecule has 2 aromatic carbocycles. The van der Waals surface area contributed by atoms with E-state index in [-0.39, 0.29) is 18.1 Å². The van der Waals surface area contributed by atoms with Crippen LogP contribution in [0, 0.1) is 0 Å². The van der Waals surface area contributed by atoms with Crippen molar-refractivity contribution in [1.29, 1.82) is 0 Å². The molecule has 6 heteroatoms. The van der Waals surface area contributed by atoms with E-state index in [0.717, 1.165) is 24.2 Å². The van der Waals surface area contributed by atoms with Crippen molar-refractivity contribution >= 4 is 5.91 Å². The summed E-state index contributed by atoms with van der Waals surface area (Å²) in [7, 11) is 3.25. The molecule has 30 heavy (non-hydrogen) atoms. The Hall–Kier alpha value is -2.73. The highest BCUT2D eigenvalue weighted by Gasteiger charge is 2.20. The topological polar surface area (TPSA) is 66.0 Å². The average Bonchev–Trinajstić information content (AvgIpc) is 3.27. The maximum absolute atomic E-state index is 12.9. The van der Waals surface area contributed by atoms with Crippen LogP contribution >= 0.6 is 0 Å². The van der Waals surface area contributed by atoms with Gasteiger partial charge in [0.15, 0.2) is 11.5 Å². The van der Waals surface area contributed by atoms with Crippen molar-refractivity contribution in [2.75, 3.05) is 27.4 Å². The standard InChI is InChI=1S/C24H31NO5/c1-17(25-24(26)20-10-6-7-11-21(20)29-15-14-27-2)18-12-13-22(23(16-18)28-3)30-19-8-4-5-9-19/h6-7,10-13,16-17,19H,4-5,8-9,14-15H2,1-3H3,(H,25,26). The molecule has 6 nitrogen and oxygen atoms in total. The quantitative estimate of drug-likeness (QED) is 0.580. The van der Waals surface area contributed by atoms with E-state index in [0.29, 0.717) is 30.3 Å². The number of nitrogens with one attached hydrogen (secondary N) is 1. The molecule has 0 radical (unpaired) electrons. The van der Waals surface area contributed by atoms with Crippen LogP contribution in [0.3, 0.4) is 0 Å². The van der Waals surface area contributed by atoms with E-state index in [1.807, 2.05) is 37.3 Å². The number of benzene rings is 2. The van der Waals surface area contributed by atoms with E-state index in [9.17, 15) is 4.79 Å². The van der Waals surface area contributed by atoms with Gasteiger partial charge < -0.3 is 24.3 Å². The van der Waals surface area contributed by atoms with Crippen LogP contribution in [0.2, 0.25) is 0 Å². The highest BCUT2D eigenvalue weighted by molar-refractivity contribution is 5.97. The van der Waals surface area contributed by atoms with Crippen LogP contribution in [0.15, 0.2) is 42.5 Å². The number of rotatable bonds is 10. The average molecular weight is 414 g/mol. The van der Waals surface area contributed by atoms with Gasteiger partial charge >= 0.3 is 0 Å². The summed E-state index contributed by atoms with van der Waals surface area (Å²) < 4.78 is 22.3. The Balaban J connectivity index is 1.68. The van der Waals surface area contributed by atoms with E-state index >= 15 is 0 Å². The number of carbonyl (C=O) groups excluding carboxylic acids is 1. The molecular formula is C24H31NO5. The van der Waals surface area contributed by atoms with Crippen molar-refractivity contribution in [2.24, 2.45) is 0 Å². The predicted molar refractivity (Wildman–Crippen MR) is 116 cm³/mol. The lowest BCUT2D eigenvalue weighted by molar-refractivity contribution is 0.0932. The van der Waals surface area contributed by atoms with Crippen LogP contribution in [-0.2, 0) is 4.74 Å². The van der Waals surface area contributed by atoms with Crippen molar-refractivity contribution < 1.29 is 23.7 Å². The molecule has 1 amide bonds. The summed E-state index contributed by atoms with van der Waals surface area (Å²) in [5, 5.41) is 3.04. The zero-order valence-electron chi connectivity index (χ0n) is 18.0. The first-order valence-corrected chi connectivity index (χ1v) is 10.5. The van der Waals surface area contributed by atoms with Crippen molar-refractivity contribution in [1.82, 2.24) is 5.32 Å². The lowest BCUT2D eigenvalue weighted by Gasteiger charge is -2.20. The monoisotopic (exact) mass is 413 g/mol. The van der Waals surface area contributed by atoms with Gasteiger partial charge in [-0.3, -0.25) is 4.79 Å². The van der Waals surface area contributed by atoms with Gasteiger partial charge in [-0.05, 0) is 62.4 Å². The lowest BCUT2D eigenvalue weighted by Crippen LogP contribution is -2.27. The molecule has 162 valence electrons. The summed E-state index contributed by atoms with van der Waals surface area (Å²) in [6.45, 7) is 2.79. The maximum atomic E-state index is 12.9. The first kappa shape index (κ1) is 22.0. The number of carbonyl (C=O) groups is 1. The maximum Gasteiger partial charge on any atom is 0.255 e. The summed E-state index contributed by atoms with van der Waals surface area (Å²) in [6, 6.07) is 12.8. The number of hydrogen-bond donors (Lipinski definition) is 1. The van der Waals surface area contributed by atoms with Gasteiger partial charge in [-0.2, -0.15) is 0 Å². The Bertz CT molecular complexity index is 832. The van der Waals surface area contributed by atoms with E-state index in [1.54, 1.807) is 26.4 Å². The third-order valence-corrected chi connectivity index (χ3v) is 5.31. The first-order chi connectivity index (χ1) is 14.6. The van der Waals surface area contributed by atoms with Crippen LogP contribution in [-0.4, -0.2) is 39.4 Å². The van der Waals surface area contributed by atoms with Crippen LogP contribution in [0.1, 0.15) is 54.6 Å². The van der Waals surface area contributed by atoms with Crippen LogP contribution in [0.4, 0.5) is 0 Å². The molecule has 0 bridgehead atoms. The summed E-state index contributed by atoms with van der Waals surface area (Å²) >= 11 is 0. The second-order valence-corrected chi connectivity index (χ2v) is 7.47. The highest BCUT2D eigenvalue weighted by Crippen LogP contribution is 2.34. The van der Waals surface area contributed by atoms with Crippen molar-refractivity contribution in [3.63, 3.8) is 0 Å². The molecular weight excluding hydrogens is 382 g/mol. The summed E-state index contributed by atoms with van der Waals surface area (Å²) in [6.07, 6.45) is 4.86. The molecule has 1 aliphatic rings. The normalized spacial score (nSPS) is 14.9. The minimum absolute atomic E-state index is 0.194. The largest absolute Gasteiger partial charge is 0.493 e. The number of ether oxygens (including phenoxy) is 4. The van der Waals surface area contributed by atoms with Gasteiger partial charge in [0.05, 0.1) is 31.4 Å². The molecule has 0 heterocycles. The Kier molecular flexibility index (Phi) is 7.97. The second-order valence-electron chi connectivity index (χ2n) is 7.47. The van der Waals surface area contributed by atoms with Crippen molar-refractivity contribution in [3.8, 4) is 17.2 Å².